The first-order valence-electron chi connectivity index (χ1n) is 5.68. The number of benzene rings is 2. The topological polar surface area (TPSA) is 89.7 Å². The maximum Gasteiger partial charge on any atom is 0.312 e. The van der Waals surface area contributed by atoms with Crippen LogP contribution in [0.15, 0.2) is 36.4 Å². The molecule has 0 aliphatic heterocycles. The number of aldehydes is 1. The van der Waals surface area contributed by atoms with Gasteiger partial charge in [0.15, 0.2) is 6.29 Å². The predicted octanol–water partition coefficient (Wildman–Crippen LogP) is 2.79. The number of phenols is 1. The van der Waals surface area contributed by atoms with Crippen molar-refractivity contribution in [2.24, 2.45) is 0 Å². The van der Waals surface area contributed by atoms with Gasteiger partial charge in [-0.3, -0.25) is 14.9 Å². The van der Waals surface area contributed by atoms with Crippen LogP contribution in [0.1, 0.15) is 10.4 Å². The van der Waals surface area contributed by atoms with Crippen LogP contribution < -0.4 is 4.74 Å². The number of ether oxygens (including phenoxy) is 1. The Labute approximate surface area is 114 Å². The van der Waals surface area contributed by atoms with Gasteiger partial charge in [-0.05, 0) is 29.3 Å². The van der Waals surface area contributed by atoms with Gasteiger partial charge in [-0.1, -0.05) is 12.1 Å². The van der Waals surface area contributed by atoms with Gasteiger partial charge in [-0.25, -0.2) is 0 Å². The van der Waals surface area contributed by atoms with Crippen molar-refractivity contribution in [1.29, 1.82) is 0 Å². The molecule has 0 saturated carbocycles. The first-order chi connectivity index (χ1) is 9.56. The minimum absolute atomic E-state index is 0.128. The highest BCUT2D eigenvalue weighted by atomic mass is 16.6. The van der Waals surface area contributed by atoms with Gasteiger partial charge in [-0.15, -0.1) is 0 Å². The van der Waals surface area contributed by atoms with Gasteiger partial charge in [0, 0.05) is 6.07 Å². The van der Waals surface area contributed by atoms with Gasteiger partial charge in [0.05, 0.1) is 17.6 Å². The lowest BCUT2D eigenvalue weighted by Crippen LogP contribution is -1.94. The summed E-state index contributed by atoms with van der Waals surface area (Å²) < 4.78 is 5.08. The van der Waals surface area contributed by atoms with Crippen LogP contribution in [0.4, 0.5) is 5.69 Å². The Morgan fingerprint density at radius 3 is 2.60 bits per heavy atom. The number of nitro groups is 1. The molecule has 6 nitrogen and oxygen atoms in total. The summed E-state index contributed by atoms with van der Waals surface area (Å²) in [6.45, 7) is 0. The fourth-order valence-corrected chi connectivity index (χ4v) is 1.84. The smallest absolute Gasteiger partial charge is 0.312 e. The summed E-state index contributed by atoms with van der Waals surface area (Å²) in [6.07, 6.45) is 0.381. The van der Waals surface area contributed by atoms with Gasteiger partial charge in [0.2, 0.25) is 5.75 Å². The van der Waals surface area contributed by atoms with E-state index in [1.54, 1.807) is 24.3 Å². The second kappa shape index (κ2) is 5.40. The average Bonchev–Trinajstić information content (AvgIpc) is 2.47. The number of carbonyl (C=O) groups excluding carboxylic acids is 1. The van der Waals surface area contributed by atoms with Crippen LogP contribution in [0, 0.1) is 10.1 Å². The number of hydrogen-bond donors (Lipinski definition) is 1. The Hall–Kier alpha value is -2.89. The Balaban J connectivity index is 2.64. The predicted molar refractivity (Wildman–Crippen MR) is 72.1 cm³/mol. The van der Waals surface area contributed by atoms with E-state index >= 15 is 0 Å². The van der Waals surface area contributed by atoms with Crippen LogP contribution in [0.3, 0.4) is 0 Å². The van der Waals surface area contributed by atoms with Crippen molar-refractivity contribution in [2.75, 3.05) is 7.11 Å². The molecule has 20 heavy (non-hydrogen) atoms. The summed E-state index contributed by atoms with van der Waals surface area (Å²) in [5.41, 5.74) is 0.468. The van der Waals surface area contributed by atoms with E-state index in [9.17, 15) is 20.0 Å². The number of hydrogen-bond acceptors (Lipinski definition) is 5. The summed E-state index contributed by atoms with van der Waals surface area (Å²) in [6, 6.07) is 9.49. The van der Waals surface area contributed by atoms with Crippen LogP contribution in [-0.2, 0) is 0 Å². The van der Waals surface area contributed by atoms with Crippen molar-refractivity contribution in [1.82, 2.24) is 0 Å². The zero-order valence-corrected chi connectivity index (χ0v) is 10.6. The molecule has 1 N–H and O–H groups in total. The normalized spacial score (nSPS) is 10.1. The molecule has 2 aromatic carbocycles. The summed E-state index contributed by atoms with van der Waals surface area (Å²) >= 11 is 0. The number of methoxy groups -OCH3 is 1. The summed E-state index contributed by atoms with van der Waals surface area (Å²) in [7, 11) is 1.51. The minimum Gasteiger partial charge on any atom is -0.502 e. The molecule has 0 bridgehead atoms. The molecule has 0 spiro atoms. The van der Waals surface area contributed by atoms with E-state index in [0.29, 0.717) is 23.2 Å². The van der Waals surface area contributed by atoms with Gasteiger partial charge in [0.25, 0.3) is 0 Å². The minimum atomic E-state index is -0.730. The van der Waals surface area contributed by atoms with E-state index in [-0.39, 0.29) is 5.56 Å². The molecule has 0 aromatic heterocycles. The number of phenolic OH excluding ortho intramolecular Hbond substituents is 1. The number of carbonyl (C=O) groups is 1. The number of aromatic hydroxyl groups is 1. The molecule has 2 aromatic rings. The molecule has 0 heterocycles. The third-order valence-electron chi connectivity index (χ3n) is 2.85. The largest absolute Gasteiger partial charge is 0.502 e. The highest BCUT2D eigenvalue weighted by molar-refractivity contribution is 5.86. The molecule has 0 radical (unpaired) electrons. The molecular weight excluding hydrogens is 262 g/mol. The van der Waals surface area contributed by atoms with Crippen molar-refractivity contribution < 1.29 is 19.6 Å². The van der Waals surface area contributed by atoms with Crippen molar-refractivity contribution in [3.05, 3.63) is 52.1 Å². The highest BCUT2D eigenvalue weighted by Gasteiger charge is 2.19. The molecule has 102 valence electrons. The molecule has 0 amide bonds. The molecule has 2 rings (SSSR count). The van der Waals surface area contributed by atoms with Crippen LogP contribution in [0.5, 0.6) is 11.5 Å². The van der Waals surface area contributed by atoms with E-state index in [0.717, 1.165) is 0 Å². The quantitative estimate of drug-likeness (QED) is 0.525. The first kappa shape index (κ1) is 13.5. The van der Waals surface area contributed by atoms with Gasteiger partial charge in [-0.2, -0.15) is 0 Å². The Morgan fingerprint density at radius 2 is 2.00 bits per heavy atom. The molecular formula is C14H11NO5. The molecule has 0 fully saturated rings. The molecule has 0 aliphatic carbocycles. The first-order valence-corrected chi connectivity index (χ1v) is 5.68. The monoisotopic (exact) mass is 273 g/mol. The number of nitro benzene ring substituents is 1. The number of rotatable bonds is 4. The Kier molecular flexibility index (Phi) is 3.65. The van der Waals surface area contributed by atoms with E-state index in [4.69, 9.17) is 4.74 Å². The van der Waals surface area contributed by atoms with Crippen LogP contribution in [0.25, 0.3) is 11.1 Å². The summed E-state index contributed by atoms with van der Waals surface area (Å²) in [5.74, 6) is -0.0393. The maximum absolute atomic E-state index is 10.9. The zero-order chi connectivity index (χ0) is 14.7. The van der Waals surface area contributed by atoms with Crippen molar-refractivity contribution in [3.8, 4) is 22.6 Å². The van der Waals surface area contributed by atoms with Crippen LogP contribution >= 0.6 is 0 Å². The fourth-order valence-electron chi connectivity index (χ4n) is 1.84. The van der Waals surface area contributed by atoms with Crippen LogP contribution in [0.2, 0.25) is 0 Å². The van der Waals surface area contributed by atoms with E-state index in [1.807, 2.05) is 0 Å². The molecule has 0 aliphatic rings. The zero-order valence-electron chi connectivity index (χ0n) is 10.6. The fraction of sp³-hybridized carbons (Fsp3) is 0.0714. The Bertz CT molecular complexity index is 681. The lowest BCUT2D eigenvalue weighted by atomic mass is 10.0. The number of nitrogens with zero attached hydrogens (tertiary/aromatic N) is 1. The molecule has 0 unspecified atom stereocenters. The highest BCUT2D eigenvalue weighted by Crippen LogP contribution is 2.35. The standard InChI is InChI=1S/C14H11NO5/c1-20-12-4-2-3-9(6-12)10-5-11(8-16)14(17)13(7-10)15(18)19/h2-8,17H,1H3. The molecule has 0 saturated heterocycles. The van der Waals surface area contributed by atoms with Crippen molar-refractivity contribution in [2.45, 2.75) is 0 Å². The van der Waals surface area contributed by atoms with Crippen molar-refractivity contribution in [3.63, 3.8) is 0 Å². The maximum atomic E-state index is 10.9. The summed E-state index contributed by atoms with van der Waals surface area (Å²) in [5, 5.41) is 20.5. The van der Waals surface area contributed by atoms with Gasteiger partial charge < -0.3 is 9.84 Å². The molecule has 6 heteroatoms. The van der Waals surface area contributed by atoms with E-state index in [1.165, 1.54) is 19.2 Å². The SMILES string of the molecule is COc1cccc(-c2cc(C=O)c(O)c([N+](=O)[O-])c2)c1. The molecule has 0 atom stereocenters. The van der Waals surface area contributed by atoms with E-state index < -0.39 is 16.4 Å². The second-order valence-corrected chi connectivity index (χ2v) is 4.04. The second-order valence-electron chi connectivity index (χ2n) is 4.04. The van der Waals surface area contributed by atoms with Gasteiger partial charge in [0.1, 0.15) is 5.75 Å². The third kappa shape index (κ3) is 2.44. The van der Waals surface area contributed by atoms with Crippen LogP contribution in [-0.4, -0.2) is 23.4 Å². The van der Waals surface area contributed by atoms with Crippen molar-refractivity contribution >= 4 is 12.0 Å². The lowest BCUT2D eigenvalue weighted by molar-refractivity contribution is -0.385. The van der Waals surface area contributed by atoms with E-state index in [2.05, 4.69) is 0 Å². The third-order valence-corrected chi connectivity index (χ3v) is 2.85. The lowest BCUT2D eigenvalue weighted by Gasteiger charge is -2.07. The summed E-state index contributed by atoms with van der Waals surface area (Å²) in [4.78, 5) is 21.1. The van der Waals surface area contributed by atoms with Gasteiger partial charge >= 0.3 is 5.69 Å². The Morgan fingerprint density at radius 1 is 1.25 bits per heavy atom. The average molecular weight is 273 g/mol.